The van der Waals surface area contributed by atoms with Crippen molar-refractivity contribution in [3.63, 3.8) is 0 Å². The zero-order chi connectivity index (χ0) is 12.8. The van der Waals surface area contributed by atoms with E-state index in [4.69, 9.17) is 0 Å². The van der Waals surface area contributed by atoms with E-state index in [0.29, 0.717) is 0 Å². The van der Waals surface area contributed by atoms with Gasteiger partial charge in [-0.1, -0.05) is 13.3 Å². The van der Waals surface area contributed by atoms with E-state index >= 15 is 0 Å². The summed E-state index contributed by atoms with van der Waals surface area (Å²) in [5, 5.41) is 3.38. The molecule has 1 N–H and O–H groups in total. The second kappa shape index (κ2) is 6.19. The Kier molecular flexibility index (Phi) is 4.34. The number of anilines is 1. The minimum absolute atomic E-state index is 0.789. The maximum absolute atomic E-state index is 4.35. The van der Waals surface area contributed by atoms with Crippen LogP contribution in [0.2, 0.25) is 0 Å². The summed E-state index contributed by atoms with van der Waals surface area (Å²) in [6, 6.07) is 2.04. The second-order valence-corrected chi connectivity index (χ2v) is 4.45. The van der Waals surface area contributed by atoms with Gasteiger partial charge in [0, 0.05) is 37.9 Å². The third-order valence-corrected chi connectivity index (χ3v) is 3.04. The molecule has 2 rings (SSSR count). The zero-order valence-corrected chi connectivity index (χ0v) is 11.1. The van der Waals surface area contributed by atoms with Crippen molar-refractivity contribution in [1.82, 2.24) is 14.5 Å². The number of nitrogens with zero attached hydrogens (tertiary/aromatic N) is 3. The fraction of sp³-hybridized carbons (Fsp3) is 0.429. The highest BCUT2D eigenvalue weighted by Gasteiger charge is 2.03. The van der Waals surface area contributed by atoms with E-state index in [1.165, 1.54) is 24.0 Å². The van der Waals surface area contributed by atoms with Gasteiger partial charge in [-0.05, 0) is 30.5 Å². The van der Waals surface area contributed by atoms with E-state index in [9.17, 15) is 0 Å². The van der Waals surface area contributed by atoms with E-state index < -0.39 is 0 Å². The molecule has 0 aliphatic carbocycles. The Morgan fingerprint density at radius 3 is 3.00 bits per heavy atom. The Morgan fingerprint density at radius 1 is 1.33 bits per heavy atom. The summed E-state index contributed by atoms with van der Waals surface area (Å²) in [5.74, 6) is 0.944. The third-order valence-electron chi connectivity index (χ3n) is 3.04. The molecule has 0 atom stereocenters. The number of pyridine rings is 1. The van der Waals surface area contributed by atoms with Crippen LogP contribution < -0.4 is 5.32 Å². The first-order valence-corrected chi connectivity index (χ1v) is 6.45. The summed E-state index contributed by atoms with van der Waals surface area (Å²) in [6.45, 7) is 6.09. The highest BCUT2D eigenvalue weighted by molar-refractivity contribution is 5.31. The summed E-state index contributed by atoms with van der Waals surface area (Å²) >= 11 is 0. The normalized spacial score (nSPS) is 10.6. The van der Waals surface area contributed by atoms with Crippen molar-refractivity contribution in [2.24, 2.45) is 0 Å². The highest BCUT2D eigenvalue weighted by Crippen LogP contribution is 2.10. The molecule has 18 heavy (non-hydrogen) atoms. The minimum atomic E-state index is 0.789. The monoisotopic (exact) mass is 244 g/mol. The van der Waals surface area contributed by atoms with Crippen molar-refractivity contribution in [1.29, 1.82) is 0 Å². The molecule has 0 radical (unpaired) electrons. The largest absolute Gasteiger partial charge is 0.352 e. The third kappa shape index (κ3) is 3.09. The molecule has 0 saturated carbocycles. The standard InChI is InChI=1S/C14H20N4/c1-3-4-8-18-9-7-16-14(18)17-11-13-5-6-15-10-12(13)2/h5-7,9-10H,3-4,8,11H2,1-2H3,(H,16,17). The van der Waals surface area contributed by atoms with E-state index in [2.05, 4.69) is 33.7 Å². The Hall–Kier alpha value is -1.84. The number of aryl methyl sites for hydroxylation is 2. The van der Waals surface area contributed by atoms with Gasteiger partial charge in [-0.15, -0.1) is 0 Å². The Bertz CT molecular complexity index is 490. The van der Waals surface area contributed by atoms with Crippen molar-refractivity contribution >= 4 is 5.95 Å². The molecule has 0 bridgehead atoms. The lowest BCUT2D eigenvalue weighted by atomic mass is 10.1. The quantitative estimate of drug-likeness (QED) is 0.849. The number of aromatic nitrogens is 3. The first kappa shape index (κ1) is 12.6. The van der Waals surface area contributed by atoms with Crippen LogP contribution in [0.4, 0.5) is 5.95 Å². The van der Waals surface area contributed by atoms with Crippen LogP contribution in [-0.4, -0.2) is 14.5 Å². The van der Waals surface area contributed by atoms with Gasteiger partial charge in [0.2, 0.25) is 5.95 Å². The Balaban J connectivity index is 1.98. The fourth-order valence-electron chi connectivity index (χ4n) is 1.86. The van der Waals surface area contributed by atoms with Crippen LogP contribution in [0.3, 0.4) is 0 Å². The number of hydrogen-bond acceptors (Lipinski definition) is 3. The molecule has 0 amide bonds. The molecule has 0 aliphatic heterocycles. The van der Waals surface area contributed by atoms with Crippen LogP contribution in [0.1, 0.15) is 30.9 Å². The molecule has 0 aromatic carbocycles. The number of unbranched alkanes of at least 4 members (excludes halogenated alkanes) is 1. The first-order chi connectivity index (χ1) is 8.81. The molecule has 0 fully saturated rings. The van der Waals surface area contributed by atoms with Crippen molar-refractivity contribution in [2.75, 3.05) is 5.32 Å². The molecular formula is C14H20N4. The van der Waals surface area contributed by atoms with Crippen molar-refractivity contribution in [3.05, 3.63) is 42.0 Å². The maximum Gasteiger partial charge on any atom is 0.203 e. The first-order valence-electron chi connectivity index (χ1n) is 6.45. The lowest BCUT2D eigenvalue weighted by molar-refractivity contribution is 0.635. The molecule has 2 aromatic heterocycles. The molecule has 4 heteroatoms. The lowest BCUT2D eigenvalue weighted by Gasteiger charge is -2.10. The average Bonchev–Trinajstić information content (AvgIpc) is 2.83. The SMILES string of the molecule is CCCCn1ccnc1NCc1ccncc1C. The van der Waals surface area contributed by atoms with Gasteiger partial charge in [0.05, 0.1) is 0 Å². The van der Waals surface area contributed by atoms with Gasteiger partial charge in [0.1, 0.15) is 0 Å². The van der Waals surface area contributed by atoms with Gasteiger partial charge in [0.25, 0.3) is 0 Å². The predicted octanol–water partition coefficient (Wildman–Crippen LogP) is 3.00. The Labute approximate surface area is 108 Å². The zero-order valence-electron chi connectivity index (χ0n) is 11.1. The lowest BCUT2D eigenvalue weighted by Crippen LogP contribution is -2.08. The van der Waals surface area contributed by atoms with Crippen molar-refractivity contribution < 1.29 is 0 Å². The number of nitrogens with one attached hydrogen (secondary N) is 1. The summed E-state index contributed by atoms with van der Waals surface area (Å²) in [5.41, 5.74) is 2.46. The maximum atomic E-state index is 4.35. The smallest absolute Gasteiger partial charge is 0.203 e. The summed E-state index contributed by atoms with van der Waals surface area (Å²) in [6.07, 6.45) is 9.96. The fourth-order valence-corrected chi connectivity index (χ4v) is 1.86. The predicted molar refractivity (Wildman–Crippen MR) is 73.4 cm³/mol. The molecule has 2 heterocycles. The van der Waals surface area contributed by atoms with E-state index in [1.54, 1.807) is 0 Å². The van der Waals surface area contributed by atoms with Crippen LogP contribution >= 0.6 is 0 Å². The van der Waals surface area contributed by atoms with Crippen LogP contribution in [0.15, 0.2) is 30.9 Å². The van der Waals surface area contributed by atoms with Crippen LogP contribution in [0.5, 0.6) is 0 Å². The molecule has 4 nitrogen and oxygen atoms in total. The van der Waals surface area contributed by atoms with E-state index in [-0.39, 0.29) is 0 Å². The molecular weight excluding hydrogens is 224 g/mol. The van der Waals surface area contributed by atoms with Crippen LogP contribution in [0, 0.1) is 6.92 Å². The number of rotatable bonds is 6. The number of hydrogen-bond donors (Lipinski definition) is 1. The van der Waals surface area contributed by atoms with Crippen molar-refractivity contribution in [3.8, 4) is 0 Å². The van der Waals surface area contributed by atoms with Crippen LogP contribution in [0.25, 0.3) is 0 Å². The minimum Gasteiger partial charge on any atom is -0.352 e. The van der Waals surface area contributed by atoms with E-state index in [1.807, 2.05) is 30.9 Å². The molecule has 0 unspecified atom stereocenters. The highest BCUT2D eigenvalue weighted by atomic mass is 15.2. The van der Waals surface area contributed by atoms with Crippen LogP contribution in [-0.2, 0) is 13.1 Å². The molecule has 0 aliphatic rings. The molecule has 0 saturated heterocycles. The van der Waals surface area contributed by atoms with Gasteiger partial charge in [-0.25, -0.2) is 4.98 Å². The van der Waals surface area contributed by atoms with Gasteiger partial charge < -0.3 is 9.88 Å². The second-order valence-electron chi connectivity index (χ2n) is 4.45. The molecule has 0 spiro atoms. The van der Waals surface area contributed by atoms with Crippen molar-refractivity contribution in [2.45, 2.75) is 39.8 Å². The average molecular weight is 244 g/mol. The van der Waals surface area contributed by atoms with Gasteiger partial charge in [0.15, 0.2) is 0 Å². The van der Waals surface area contributed by atoms with Gasteiger partial charge >= 0.3 is 0 Å². The van der Waals surface area contributed by atoms with Gasteiger partial charge in [-0.2, -0.15) is 0 Å². The summed E-state index contributed by atoms with van der Waals surface area (Å²) in [7, 11) is 0. The summed E-state index contributed by atoms with van der Waals surface area (Å²) < 4.78 is 2.17. The Morgan fingerprint density at radius 2 is 2.22 bits per heavy atom. The van der Waals surface area contributed by atoms with Gasteiger partial charge in [-0.3, -0.25) is 4.98 Å². The summed E-state index contributed by atoms with van der Waals surface area (Å²) in [4.78, 5) is 8.45. The molecule has 96 valence electrons. The number of imidazole rings is 1. The topological polar surface area (TPSA) is 42.7 Å². The molecule has 2 aromatic rings. The van der Waals surface area contributed by atoms with E-state index in [0.717, 1.165) is 19.0 Å².